The molecule has 0 spiro atoms. The Morgan fingerprint density at radius 2 is 1.94 bits per heavy atom. The maximum absolute atomic E-state index is 13.2. The first-order chi connectivity index (χ1) is 16.4. The second-order valence-corrected chi connectivity index (χ2v) is 9.59. The molecule has 4 rings (SSSR count). The van der Waals surface area contributed by atoms with E-state index in [2.05, 4.69) is 10.6 Å². The molecule has 35 heavy (non-hydrogen) atoms. The van der Waals surface area contributed by atoms with Crippen molar-refractivity contribution in [3.05, 3.63) is 29.8 Å². The first-order valence-corrected chi connectivity index (χ1v) is 11.5. The summed E-state index contributed by atoms with van der Waals surface area (Å²) < 4.78 is 39.7. The number of halogens is 3. The Balaban J connectivity index is 1.40. The van der Waals surface area contributed by atoms with Gasteiger partial charge in [-0.3, -0.25) is 19.8 Å². The topological polar surface area (TPSA) is 149 Å². The number of hydrogen-bond acceptors (Lipinski definition) is 6. The molecule has 3 amide bonds. The Morgan fingerprint density at radius 3 is 2.63 bits per heavy atom. The maximum atomic E-state index is 13.2. The minimum atomic E-state index is -4.78. The lowest BCUT2D eigenvalue weighted by molar-refractivity contribution is -0.271. The molecule has 3 aliphatic rings. The quantitative estimate of drug-likeness (QED) is 0.362. The van der Waals surface area contributed by atoms with Crippen LogP contribution in [-0.4, -0.2) is 69.9 Å². The molecule has 3 fully saturated rings. The van der Waals surface area contributed by atoms with Gasteiger partial charge in [0.2, 0.25) is 11.8 Å². The van der Waals surface area contributed by atoms with Gasteiger partial charge in [-0.1, -0.05) is 18.2 Å². The van der Waals surface area contributed by atoms with Crippen LogP contribution in [-0.2, 0) is 14.4 Å². The number of nitrogens with zero attached hydrogens (tertiary/aromatic N) is 1. The van der Waals surface area contributed by atoms with Gasteiger partial charge in [-0.05, 0) is 44.1 Å². The van der Waals surface area contributed by atoms with E-state index < -0.39 is 54.2 Å². The zero-order valence-corrected chi connectivity index (χ0v) is 18.9. The highest BCUT2D eigenvalue weighted by Gasteiger charge is 2.58. The Kier molecular flexibility index (Phi) is 6.52. The van der Waals surface area contributed by atoms with E-state index in [9.17, 15) is 32.7 Å². The number of fused-ring (bicyclic) bond motifs is 1. The van der Waals surface area contributed by atoms with Gasteiger partial charge in [-0.2, -0.15) is 13.2 Å². The van der Waals surface area contributed by atoms with Gasteiger partial charge in [-0.15, -0.1) is 0 Å². The normalized spacial score (nSPS) is 29.8. The smallest absolute Gasteiger partial charge is 0.380 e. The number of likely N-dealkylation sites (tertiary alicyclic amines) is 1. The summed E-state index contributed by atoms with van der Waals surface area (Å²) in [5.74, 6) is -1.63. The van der Waals surface area contributed by atoms with Gasteiger partial charge in [0.05, 0.1) is 6.54 Å². The van der Waals surface area contributed by atoms with Crippen LogP contribution >= 0.6 is 0 Å². The highest BCUT2D eigenvalue weighted by Crippen LogP contribution is 2.48. The Morgan fingerprint density at radius 1 is 1.23 bits per heavy atom. The second-order valence-electron chi connectivity index (χ2n) is 9.59. The van der Waals surface area contributed by atoms with E-state index in [4.69, 9.17) is 11.1 Å². The highest BCUT2D eigenvalue weighted by atomic mass is 19.4. The number of aliphatic hydroxyl groups is 1. The largest absolute Gasteiger partial charge is 0.417 e. The van der Waals surface area contributed by atoms with Crippen LogP contribution in [0.4, 0.5) is 18.9 Å². The molecule has 1 aromatic rings. The third-order valence-corrected chi connectivity index (χ3v) is 7.17. The molecule has 1 saturated heterocycles. The summed E-state index contributed by atoms with van der Waals surface area (Å²) in [5.41, 5.74) is 2.56. The monoisotopic (exact) mass is 495 g/mol. The van der Waals surface area contributed by atoms with Gasteiger partial charge in [0.15, 0.2) is 5.60 Å². The number of alkyl halides is 3. The SMILES string of the molecule is N=C(C(N)=O)c1ccccc1NCC(=O)N1C(C(=O)NC2CCCC(O)(C(F)(F)F)C2)CC2CC21. The van der Waals surface area contributed by atoms with Gasteiger partial charge >= 0.3 is 6.18 Å². The van der Waals surface area contributed by atoms with Crippen molar-refractivity contribution in [2.75, 3.05) is 11.9 Å². The molecule has 0 bridgehead atoms. The molecule has 5 unspecified atom stereocenters. The van der Waals surface area contributed by atoms with Crippen LogP contribution in [0.15, 0.2) is 24.3 Å². The van der Waals surface area contributed by atoms with Crippen LogP contribution < -0.4 is 16.4 Å². The Bertz CT molecular complexity index is 1050. The van der Waals surface area contributed by atoms with Crippen molar-refractivity contribution < 1.29 is 32.7 Å². The lowest BCUT2D eigenvalue weighted by Crippen LogP contribution is -2.56. The van der Waals surface area contributed by atoms with Crippen LogP contribution in [0.1, 0.15) is 44.1 Å². The molecule has 190 valence electrons. The second kappa shape index (κ2) is 9.14. The van der Waals surface area contributed by atoms with Gasteiger partial charge in [0.1, 0.15) is 11.8 Å². The summed E-state index contributed by atoms with van der Waals surface area (Å²) in [6.07, 6.45) is -4.15. The average molecular weight is 496 g/mol. The minimum Gasteiger partial charge on any atom is -0.380 e. The number of rotatable bonds is 7. The van der Waals surface area contributed by atoms with Crippen molar-refractivity contribution >= 4 is 29.1 Å². The molecule has 5 atom stereocenters. The first-order valence-electron chi connectivity index (χ1n) is 11.5. The number of carbonyl (C=O) groups excluding carboxylic acids is 3. The predicted molar refractivity (Wildman–Crippen MR) is 120 cm³/mol. The van der Waals surface area contributed by atoms with E-state index in [0.717, 1.165) is 6.42 Å². The number of nitrogens with one attached hydrogen (secondary N) is 3. The van der Waals surface area contributed by atoms with Crippen molar-refractivity contribution in [3.63, 3.8) is 0 Å². The van der Waals surface area contributed by atoms with Crippen molar-refractivity contribution in [3.8, 4) is 0 Å². The van der Waals surface area contributed by atoms with Crippen LogP contribution in [0.2, 0.25) is 0 Å². The first kappa shape index (κ1) is 25.0. The number of nitrogens with two attached hydrogens (primary N) is 1. The van der Waals surface area contributed by atoms with E-state index >= 15 is 0 Å². The number of carbonyl (C=O) groups is 3. The van der Waals surface area contributed by atoms with Crippen molar-refractivity contribution in [2.24, 2.45) is 11.7 Å². The van der Waals surface area contributed by atoms with Crippen LogP contribution in [0.5, 0.6) is 0 Å². The third kappa shape index (κ3) is 4.97. The molecule has 0 aromatic heterocycles. The summed E-state index contributed by atoms with van der Waals surface area (Å²) in [4.78, 5) is 38.9. The van der Waals surface area contributed by atoms with E-state index in [0.29, 0.717) is 18.5 Å². The molecule has 6 N–H and O–H groups in total. The molecule has 0 radical (unpaired) electrons. The maximum Gasteiger partial charge on any atom is 0.417 e. The lowest BCUT2D eigenvalue weighted by atomic mass is 9.81. The third-order valence-electron chi connectivity index (χ3n) is 7.17. The lowest BCUT2D eigenvalue weighted by Gasteiger charge is -2.39. The van der Waals surface area contributed by atoms with Gasteiger partial charge in [-0.25, -0.2) is 0 Å². The average Bonchev–Trinajstić information content (AvgIpc) is 3.45. The zero-order valence-electron chi connectivity index (χ0n) is 18.9. The molecule has 9 nitrogen and oxygen atoms in total. The summed E-state index contributed by atoms with van der Waals surface area (Å²) >= 11 is 0. The fourth-order valence-corrected chi connectivity index (χ4v) is 5.23. The van der Waals surface area contributed by atoms with E-state index in [1.807, 2.05) is 0 Å². The number of primary amides is 1. The summed E-state index contributed by atoms with van der Waals surface area (Å²) in [5, 5.41) is 23.4. The molecule has 12 heteroatoms. The number of piperidine rings is 1. The highest BCUT2D eigenvalue weighted by molar-refractivity contribution is 6.44. The summed E-state index contributed by atoms with van der Waals surface area (Å²) in [6, 6.07) is 4.68. The summed E-state index contributed by atoms with van der Waals surface area (Å²) in [6.45, 7) is -0.201. The minimum absolute atomic E-state index is 0.0994. The fourth-order valence-electron chi connectivity index (χ4n) is 5.23. The number of hydrogen-bond donors (Lipinski definition) is 5. The molecule has 1 heterocycles. The molecule has 1 aliphatic heterocycles. The number of amides is 3. The Hall–Kier alpha value is -3.15. The standard InChI is InChI=1S/C23H28F3N5O4/c24-23(25,26)22(35)7-3-4-13(10-22)30-21(34)17-9-12-8-16(12)31(17)18(32)11-29-15-6-2-1-5-14(15)19(27)20(28)33/h1-2,5-6,12-13,16-17,27,29,35H,3-4,7-11H2,(H2,28,33)(H,30,34). The van der Waals surface area contributed by atoms with Crippen molar-refractivity contribution in [1.82, 2.24) is 10.2 Å². The van der Waals surface area contributed by atoms with E-state index in [-0.39, 0.29) is 36.4 Å². The van der Waals surface area contributed by atoms with Crippen molar-refractivity contribution in [2.45, 2.75) is 68.4 Å². The fraction of sp³-hybridized carbons (Fsp3) is 0.565. The van der Waals surface area contributed by atoms with Crippen LogP contribution in [0.3, 0.4) is 0 Å². The molecule has 2 saturated carbocycles. The number of para-hydroxylation sites is 1. The van der Waals surface area contributed by atoms with E-state index in [1.165, 1.54) is 11.0 Å². The van der Waals surface area contributed by atoms with Gasteiger partial charge in [0.25, 0.3) is 5.91 Å². The van der Waals surface area contributed by atoms with Gasteiger partial charge in [0, 0.05) is 29.8 Å². The number of anilines is 1. The van der Waals surface area contributed by atoms with E-state index in [1.54, 1.807) is 18.2 Å². The summed E-state index contributed by atoms with van der Waals surface area (Å²) in [7, 11) is 0. The van der Waals surface area contributed by atoms with Crippen LogP contribution in [0, 0.1) is 11.3 Å². The molecular formula is C23H28F3N5O4. The van der Waals surface area contributed by atoms with Gasteiger partial charge < -0.3 is 26.4 Å². The molecular weight excluding hydrogens is 467 g/mol. The molecule has 2 aliphatic carbocycles. The molecule has 1 aromatic carbocycles. The number of benzene rings is 1. The zero-order chi connectivity index (χ0) is 25.5. The Labute approximate surface area is 199 Å². The predicted octanol–water partition coefficient (Wildman–Crippen LogP) is 1.29. The van der Waals surface area contributed by atoms with Crippen LogP contribution in [0.25, 0.3) is 0 Å². The van der Waals surface area contributed by atoms with Crippen molar-refractivity contribution in [1.29, 1.82) is 5.41 Å².